The highest BCUT2D eigenvalue weighted by Crippen LogP contribution is 2.32. The van der Waals surface area contributed by atoms with E-state index in [1.165, 1.54) is 10.9 Å². The van der Waals surface area contributed by atoms with Crippen molar-refractivity contribution in [2.24, 2.45) is 0 Å². The number of halogens is 1. The van der Waals surface area contributed by atoms with Gasteiger partial charge in [0.2, 0.25) is 0 Å². The second-order valence-corrected chi connectivity index (χ2v) is 7.44. The van der Waals surface area contributed by atoms with E-state index < -0.39 is 0 Å². The molecule has 0 aliphatic carbocycles. The van der Waals surface area contributed by atoms with Gasteiger partial charge >= 0.3 is 0 Å². The van der Waals surface area contributed by atoms with E-state index >= 15 is 0 Å². The van der Waals surface area contributed by atoms with Gasteiger partial charge in [-0.2, -0.15) is 0 Å². The number of benzene rings is 1. The molecule has 4 heteroatoms. The molecule has 1 atom stereocenters. The summed E-state index contributed by atoms with van der Waals surface area (Å²) < 4.78 is 13.6. The average Bonchev–Trinajstić information content (AvgIpc) is 2.80. The molecular weight excluding hydrogens is 283 g/mol. The third kappa shape index (κ3) is 3.89. The molecule has 2 nitrogen and oxygen atoms in total. The molecule has 0 fully saturated rings. The standard InChI is InChI=1S/C17H23FN2S/c1-11(19-10-13-8-6-7-9-14(13)18)15-12(2)20-16(21-15)17(3,4)5/h6-9,11,19H,10H2,1-5H3. The van der Waals surface area contributed by atoms with Gasteiger partial charge in [0.25, 0.3) is 0 Å². The van der Waals surface area contributed by atoms with Gasteiger partial charge in [-0.25, -0.2) is 9.37 Å². The lowest BCUT2D eigenvalue weighted by atomic mass is 9.98. The van der Waals surface area contributed by atoms with Crippen molar-refractivity contribution in [3.63, 3.8) is 0 Å². The number of aromatic nitrogens is 1. The molecule has 2 rings (SSSR count). The number of rotatable bonds is 4. The SMILES string of the molecule is Cc1nc(C(C)(C)C)sc1C(C)NCc1ccccc1F. The molecule has 0 spiro atoms. The molecule has 114 valence electrons. The van der Waals surface area contributed by atoms with Crippen LogP contribution in [-0.4, -0.2) is 4.98 Å². The Morgan fingerprint density at radius 3 is 2.52 bits per heavy atom. The van der Waals surface area contributed by atoms with E-state index in [0.29, 0.717) is 12.1 Å². The number of aryl methyl sites for hydroxylation is 1. The third-order valence-electron chi connectivity index (χ3n) is 3.42. The van der Waals surface area contributed by atoms with Crippen LogP contribution in [0.3, 0.4) is 0 Å². The molecule has 1 unspecified atom stereocenters. The summed E-state index contributed by atoms with van der Waals surface area (Å²) in [6.45, 7) is 11.2. The van der Waals surface area contributed by atoms with E-state index in [2.05, 4.69) is 38.0 Å². The van der Waals surface area contributed by atoms with Crippen LogP contribution < -0.4 is 5.32 Å². The summed E-state index contributed by atoms with van der Waals surface area (Å²) >= 11 is 1.75. The molecule has 0 saturated carbocycles. The predicted molar refractivity (Wildman–Crippen MR) is 87.2 cm³/mol. The van der Waals surface area contributed by atoms with Gasteiger partial charge in [0, 0.05) is 28.4 Å². The van der Waals surface area contributed by atoms with Crippen molar-refractivity contribution in [2.45, 2.75) is 52.6 Å². The van der Waals surface area contributed by atoms with Crippen LogP contribution in [0.5, 0.6) is 0 Å². The highest BCUT2D eigenvalue weighted by atomic mass is 32.1. The molecule has 1 aromatic carbocycles. The van der Waals surface area contributed by atoms with Crippen LogP contribution in [-0.2, 0) is 12.0 Å². The molecule has 1 heterocycles. The maximum Gasteiger partial charge on any atom is 0.127 e. The summed E-state index contributed by atoms with van der Waals surface area (Å²) in [6.07, 6.45) is 0. The zero-order chi connectivity index (χ0) is 15.6. The maximum absolute atomic E-state index is 13.6. The smallest absolute Gasteiger partial charge is 0.127 e. The first-order valence-electron chi connectivity index (χ1n) is 7.23. The maximum atomic E-state index is 13.6. The van der Waals surface area contributed by atoms with Crippen LogP contribution in [0.25, 0.3) is 0 Å². The topological polar surface area (TPSA) is 24.9 Å². The van der Waals surface area contributed by atoms with Gasteiger partial charge in [0.1, 0.15) is 5.82 Å². The highest BCUT2D eigenvalue weighted by Gasteiger charge is 2.22. The fourth-order valence-corrected chi connectivity index (χ4v) is 3.28. The normalized spacial score (nSPS) is 13.4. The van der Waals surface area contributed by atoms with E-state index in [1.807, 2.05) is 19.1 Å². The zero-order valence-electron chi connectivity index (χ0n) is 13.3. The number of hydrogen-bond acceptors (Lipinski definition) is 3. The van der Waals surface area contributed by atoms with Crippen molar-refractivity contribution in [1.29, 1.82) is 0 Å². The van der Waals surface area contributed by atoms with Gasteiger partial charge in [-0.1, -0.05) is 39.0 Å². The van der Waals surface area contributed by atoms with Crippen LogP contribution in [0.2, 0.25) is 0 Å². The van der Waals surface area contributed by atoms with E-state index in [-0.39, 0.29) is 17.3 Å². The molecular formula is C17H23FN2S. The van der Waals surface area contributed by atoms with Crippen molar-refractivity contribution in [3.05, 3.63) is 51.2 Å². The Kier molecular flexibility index (Phi) is 4.79. The minimum absolute atomic E-state index is 0.0684. The van der Waals surface area contributed by atoms with Gasteiger partial charge < -0.3 is 5.32 Å². The van der Waals surface area contributed by atoms with Crippen LogP contribution in [0.1, 0.15) is 54.9 Å². The monoisotopic (exact) mass is 306 g/mol. The van der Waals surface area contributed by atoms with Crippen molar-refractivity contribution in [2.75, 3.05) is 0 Å². The van der Waals surface area contributed by atoms with Gasteiger partial charge in [-0.3, -0.25) is 0 Å². The second-order valence-electron chi connectivity index (χ2n) is 6.41. The lowest BCUT2D eigenvalue weighted by molar-refractivity contribution is 0.547. The Morgan fingerprint density at radius 1 is 1.29 bits per heavy atom. The van der Waals surface area contributed by atoms with Gasteiger partial charge in [0.05, 0.1) is 10.7 Å². The molecule has 1 aromatic heterocycles. The minimum atomic E-state index is -0.159. The Balaban J connectivity index is 2.09. The predicted octanol–water partition coefficient (Wildman–Crippen LogP) is 4.74. The van der Waals surface area contributed by atoms with Crippen LogP contribution in [0.4, 0.5) is 4.39 Å². The largest absolute Gasteiger partial charge is 0.305 e. The summed E-state index contributed by atoms with van der Waals surface area (Å²) in [6, 6.07) is 7.05. The Hall–Kier alpha value is -1.26. The molecule has 2 aromatic rings. The van der Waals surface area contributed by atoms with Crippen molar-refractivity contribution in [3.8, 4) is 0 Å². The summed E-state index contributed by atoms with van der Waals surface area (Å²) in [5.74, 6) is -0.159. The van der Waals surface area contributed by atoms with Crippen LogP contribution >= 0.6 is 11.3 Å². The van der Waals surface area contributed by atoms with Gasteiger partial charge in [-0.15, -0.1) is 11.3 Å². The van der Waals surface area contributed by atoms with E-state index in [9.17, 15) is 4.39 Å². The van der Waals surface area contributed by atoms with Crippen molar-refractivity contribution in [1.82, 2.24) is 10.3 Å². The van der Waals surface area contributed by atoms with Crippen molar-refractivity contribution >= 4 is 11.3 Å². The van der Waals surface area contributed by atoms with E-state index in [0.717, 1.165) is 10.7 Å². The number of nitrogens with zero attached hydrogens (tertiary/aromatic N) is 1. The fourth-order valence-electron chi connectivity index (χ4n) is 2.13. The molecule has 0 bridgehead atoms. The summed E-state index contributed by atoms with van der Waals surface area (Å²) in [4.78, 5) is 5.91. The Bertz CT molecular complexity index is 613. The molecule has 1 N–H and O–H groups in total. The molecule has 0 radical (unpaired) electrons. The first-order chi connectivity index (χ1) is 9.79. The molecule has 21 heavy (non-hydrogen) atoms. The summed E-state index contributed by atoms with van der Waals surface area (Å²) in [5, 5.41) is 4.54. The highest BCUT2D eigenvalue weighted by molar-refractivity contribution is 7.12. The lowest BCUT2D eigenvalue weighted by Gasteiger charge is -2.15. The second kappa shape index (κ2) is 6.24. The van der Waals surface area contributed by atoms with Gasteiger partial charge in [-0.05, 0) is 19.9 Å². The van der Waals surface area contributed by atoms with E-state index in [4.69, 9.17) is 0 Å². The Morgan fingerprint density at radius 2 is 1.95 bits per heavy atom. The number of hydrogen-bond donors (Lipinski definition) is 1. The van der Waals surface area contributed by atoms with Gasteiger partial charge in [0.15, 0.2) is 0 Å². The first-order valence-corrected chi connectivity index (χ1v) is 8.05. The quantitative estimate of drug-likeness (QED) is 0.882. The molecule has 0 aliphatic heterocycles. The molecule has 0 saturated heterocycles. The average molecular weight is 306 g/mol. The lowest BCUT2D eigenvalue weighted by Crippen LogP contribution is -2.18. The number of nitrogens with one attached hydrogen (secondary N) is 1. The summed E-state index contributed by atoms with van der Waals surface area (Å²) in [5.41, 5.74) is 1.83. The minimum Gasteiger partial charge on any atom is -0.305 e. The fraction of sp³-hybridized carbons (Fsp3) is 0.471. The summed E-state index contributed by atoms with van der Waals surface area (Å²) in [7, 11) is 0. The molecule has 0 amide bonds. The Labute approximate surface area is 130 Å². The zero-order valence-corrected chi connectivity index (χ0v) is 14.1. The molecule has 0 aliphatic rings. The number of thiazole rings is 1. The van der Waals surface area contributed by atoms with Crippen LogP contribution in [0, 0.1) is 12.7 Å². The first kappa shape index (κ1) is 16.1. The van der Waals surface area contributed by atoms with E-state index in [1.54, 1.807) is 17.4 Å². The van der Waals surface area contributed by atoms with Crippen LogP contribution in [0.15, 0.2) is 24.3 Å². The third-order valence-corrected chi connectivity index (χ3v) is 5.19. The van der Waals surface area contributed by atoms with Crippen molar-refractivity contribution < 1.29 is 4.39 Å².